The molecule has 5 saturated carbocycles. The van der Waals surface area contributed by atoms with Gasteiger partial charge in [-0.2, -0.15) is 0 Å². The van der Waals surface area contributed by atoms with Crippen molar-refractivity contribution in [2.45, 2.75) is 191 Å². The van der Waals surface area contributed by atoms with Crippen molar-refractivity contribution < 1.29 is 93.4 Å². The van der Waals surface area contributed by atoms with Gasteiger partial charge in [0, 0.05) is 23.3 Å². The fourth-order valence-corrected chi connectivity index (χ4v) is 16.6. The maximum atomic E-state index is 13.8. The Morgan fingerprint density at radius 2 is 1.43 bits per heavy atom. The van der Waals surface area contributed by atoms with Crippen LogP contribution in [0.15, 0.2) is 42.0 Å². The van der Waals surface area contributed by atoms with E-state index in [0.29, 0.717) is 25.0 Å². The first-order valence-corrected chi connectivity index (χ1v) is 27.1. The van der Waals surface area contributed by atoms with E-state index in [-0.39, 0.29) is 59.6 Å². The number of aliphatic hydroxyl groups excluding tert-OH is 8. The van der Waals surface area contributed by atoms with Crippen molar-refractivity contribution in [1.82, 2.24) is 0 Å². The van der Waals surface area contributed by atoms with Crippen LogP contribution in [0.25, 0.3) is 6.08 Å². The smallest absolute Gasteiger partial charge is 0.331 e. The van der Waals surface area contributed by atoms with Crippen LogP contribution in [0.3, 0.4) is 0 Å². The van der Waals surface area contributed by atoms with E-state index in [1.54, 1.807) is 13.2 Å². The summed E-state index contributed by atoms with van der Waals surface area (Å²) in [5.74, 6) is -0.189. The fraction of sp³-hybridized carbons (Fsp3) is 0.786. The Hall–Kier alpha value is -3.12. The van der Waals surface area contributed by atoms with Gasteiger partial charge in [0.1, 0.15) is 72.9 Å². The zero-order valence-corrected chi connectivity index (χ0v) is 44.1. The molecule has 3 heterocycles. The lowest BCUT2D eigenvalue weighted by Crippen LogP contribution is -2.66. The molecule has 0 amide bonds. The van der Waals surface area contributed by atoms with Gasteiger partial charge < -0.3 is 83.9 Å². The van der Waals surface area contributed by atoms with E-state index < -0.39 is 127 Å². The molecule has 19 nitrogen and oxygen atoms in total. The Morgan fingerprint density at radius 1 is 0.733 bits per heavy atom. The standard InChI is InChI=1S/C56H80O19/c1-51(2)22-31-30-13-14-36-53(5)18-17-37(74-49-46(43(63)41(61)33(24-57)71-49)75-48-45(65)42(62)34(26-70-48)72-47-44(64)40(60)32(58)25-69-47)52(3,4)35(53)16-19-54(36,6)56(30)21-28(56)20-55(31,50(66)67)23-38(51)73-39(59)15-10-27-8-11-29(68-7)12-9-27/h8-13,15,28,31-38,40-49,57-58,60-65H,14,16-26H2,1-7H3,(H,66,67)/b15-10+/t28?,31-,32+,33+,34+,35-,36+,37-,38-,40-,41+,42-,43-,44+,45+,46+,47-,48-,49-,53-,54+,55+,56+/m0/s1. The molecule has 1 unspecified atom stereocenters. The van der Waals surface area contributed by atoms with E-state index in [1.165, 1.54) is 11.6 Å². The van der Waals surface area contributed by atoms with Gasteiger partial charge in [0.25, 0.3) is 0 Å². The number of aliphatic carboxylic acids is 1. The van der Waals surface area contributed by atoms with E-state index in [9.17, 15) is 55.5 Å². The molecule has 23 atom stereocenters. The minimum atomic E-state index is -1.78. The van der Waals surface area contributed by atoms with Crippen LogP contribution in [0, 0.1) is 56.2 Å². The first-order valence-electron chi connectivity index (χ1n) is 27.1. The van der Waals surface area contributed by atoms with Crippen LogP contribution in [-0.4, -0.2) is 177 Å². The number of hydrogen-bond donors (Lipinski definition) is 9. The molecular weight excluding hydrogens is 977 g/mol. The van der Waals surface area contributed by atoms with Crippen LogP contribution in [-0.2, 0) is 42.7 Å². The minimum Gasteiger partial charge on any atom is -0.497 e. The van der Waals surface area contributed by atoms with Crippen molar-refractivity contribution in [1.29, 1.82) is 0 Å². The van der Waals surface area contributed by atoms with E-state index in [0.717, 1.165) is 37.7 Å². The number of ether oxygens (including phenoxy) is 8. The van der Waals surface area contributed by atoms with Gasteiger partial charge in [0.15, 0.2) is 18.9 Å². The molecule has 418 valence electrons. The number of carbonyl (C=O) groups excluding carboxylic acids is 1. The molecule has 6 aliphatic carbocycles. The second-order valence-corrected chi connectivity index (χ2v) is 25.4. The molecule has 0 aromatic heterocycles. The summed E-state index contributed by atoms with van der Waals surface area (Å²) in [6.45, 7) is 12.1. The molecule has 19 heteroatoms. The van der Waals surface area contributed by atoms with Gasteiger partial charge in [-0.25, -0.2) is 4.79 Å². The Morgan fingerprint density at radius 3 is 2.12 bits per heavy atom. The summed E-state index contributed by atoms with van der Waals surface area (Å²) >= 11 is 0. The topological polar surface area (TPSA) is 290 Å². The van der Waals surface area contributed by atoms with Crippen LogP contribution >= 0.6 is 0 Å². The lowest BCUT2D eigenvalue weighted by Gasteiger charge is -2.69. The molecule has 1 aromatic carbocycles. The quantitative estimate of drug-likeness (QED) is 0.0630. The third kappa shape index (κ3) is 8.95. The van der Waals surface area contributed by atoms with Crippen molar-refractivity contribution >= 4 is 18.0 Å². The summed E-state index contributed by atoms with van der Waals surface area (Å²) in [7, 11) is 1.59. The number of carboxylic acid groups (broad SMARTS) is 1. The number of carbonyl (C=O) groups is 2. The zero-order chi connectivity index (χ0) is 53.9. The van der Waals surface area contributed by atoms with Crippen molar-refractivity contribution in [3.8, 4) is 5.75 Å². The average molecular weight is 1060 g/mol. The van der Waals surface area contributed by atoms with Crippen LogP contribution in [0.5, 0.6) is 5.75 Å². The highest BCUT2D eigenvalue weighted by atomic mass is 16.8. The molecule has 9 aliphatic rings. The molecule has 1 aromatic rings. The average Bonchev–Trinajstić information content (AvgIpc) is 4.10. The second-order valence-electron chi connectivity index (χ2n) is 25.4. The highest BCUT2D eigenvalue weighted by Gasteiger charge is 2.79. The van der Waals surface area contributed by atoms with Crippen molar-refractivity contribution in [3.63, 3.8) is 0 Å². The van der Waals surface area contributed by atoms with Crippen molar-refractivity contribution in [2.24, 2.45) is 56.2 Å². The lowest BCUT2D eigenvalue weighted by atomic mass is 9.36. The maximum Gasteiger partial charge on any atom is 0.331 e. The van der Waals surface area contributed by atoms with Gasteiger partial charge in [0.05, 0.1) is 38.4 Å². The Kier molecular flexibility index (Phi) is 14.6. The van der Waals surface area contributed by atoms with Crippen LogP contribution < -0.4 is 4.74 Å². The third-order valence-electron chi connectivity index (χ3n) is 20.8. The van der Waals surface area contributed by atoms with E-state index >= 15 is 0 Å². The number of hydrogen-bond acceptors (Lipinski definition) is 18. The summed E-state index contributed by atoms with van der Waals surface area (Å²) in [6, 6.07) is 7.33. The molecule has 3 saturated heterocycles. The first-order chi connectivity index (χ1) is 35.4. The Balaban J connectivity index is 0.841. The largest absolute Gasteiger partial charge is 0.497 e. The van der Waals surface area contributed by atoms with Gasteiger partial charge in [-0.05, 0) is 115 Å². The van der Waals surface area contributed by atoms with Crippen LogP contribution in [0.2, 0.25) is 0 Å². The fourth-order valence-electron chi connectivity index (χ4n) is 16.6. The maximum absolute atomic E-state index is 13.8. The highest BCUT2D eigenvalue weighted by molar-refractivity contribution is 5.87. The Bertz CT molecular complexity index is 2340. The van der Waals surface area contributed by atoms with Gasteiger partial charge in [-0.1, -0.05) is 65.3 Å². The molecule has 75 heavy (non-hydrogen) atoms. The summed E-state index contributed by atoms with van der Waals surface area (Å²) in [4.78, 5) is 27.2. The number of fused-ring (bicyclic) bond motifs is 5. The molecule has 8 fully saturated rings. The number of allylic oxidation sites excluding steroid dienone is 2. The lowest BCUT2D eigenvalue weighted by molar-refractivity contribution is -0.377. The van der Waals surface area contributed by atoms with E-state index in [4.69, 9.17) is 37.9 Å². The molecule has 9 N–H and O–H groups in total. The number of esters is 1. The SMILES string of the molecule is COc1ccc(/C=C/C(=O)O[C@H]2C[C@]3(C(=O)O)CC4C[C@]45C(=CC[C@@H]4[C@@]6(C)CC[C@H](O[C@@H]7O[C@H](CO)[C@@H](O)[C@H](O)[C@H]7O[C@@H]7OC[C@@H](O[C@@H]8OC[C@@H](O)[C@H](O)[C@H]8O)[C@H](O)[C@H]7O)C(C)(C)[C@@H]6CC[C@]45C)[C@@H]3CC2(C)C)cc1. The van der Waals surface area contributed by atoms with E-state index in [2.05, 4.69) is 47.6 Å². The third-order valence-corrected chi connectivity index (χ3v) is 20.8. The first kappa shape index (κ1) is 55.2. The predicted octanol–water partition coefficient (Wildman–Crippen LogP) is 2.84. The highest BCUT2D eigenvalue weighted by Crippen LogP contribution is 2.85. The predicted molar refractivity (Wildman–Crippen MR) is 264 cm³/mol. The van der Waals surface area contributed by atoms with Gasteiger partial charge in [0.2, 0.25) is 0 Å². The normalized spacial score (nSPS) is 48.7. The van der Waals surface area contributed by atoms with Gasteiger partial charge in [-0.3, -0.25) is 4.79 Å². The van der Waals surface area contributed by atoms with Crippen molar-refractivity contribution in [2.75, 3.05) is 26.9 Å². The summed E-state index contributed by atoms with van der Waals surface area (Å²) < 4.78 is 47.4. The van der Waals surface area contributed by atoms with E-state index in [1.807, 2.05) is 24.3 Å². The number of carboxylic acids is 1. The van der Waals surface area contributed by atoms with Crippen LogP contribution in [0.1, 0.15) is 105 Å². The summed E-state index contributed by atoms with van der Waals surface area (Å²) in [5.41, 5.74) is -0.312. The summed E-state index contributed by atoms with van der Waals surface area (Å²) in [6.07, 6.45) is -8.85. The number of rotatable bonds is 12. The number of aliphatic hydroxyl groups is 8. The van der Waals surface area contributed by atoms with Gasteiger partial charge in [-0.15, -0.1) is 0 Å². The summed E-state index contributed by atoms with van der Waals surface area (Å²) in [5, 5.41) is 96.9. The van der Waals surface area contributed by atoms with Gasteiger partial charge >= 0.3 is 11.9 Å². The number of methoxy groups -OCH3 is 1. The molecule has 10 rings (SSSR count). The molecule has 3 aliphatic heterocycles. The molecule has 0 radical (unpaired) electrons. The van der Waals surface area contributed by atoms with Crippen molar-refractivity contribution in [3.05, 3.63) is 47.6 Å². The second kappa shape index (κ2) is 19.9. The number of benzene rings is 1. The molecular formula is C56H80O19. The minimum absolute atomic E-state index is 0.108. The zero-order valence-electron chi connectivity index (χ0n) is 44.1. The molecule has 0 bridgehead atoms. The monoisotopic (exact) mass is 1060 g/mol. The van der Waals surface area contributed by atoms with Crippen LogP contribution in [0.4, 0.5) is 0 Å². The molecule has 1 spiro atoms. The Labute approximate surface area is 438 Å².